The van der Waals surface area contributed by atoms with Crippen molar-refractivity contribution in [2.75, 3.05) is 6.54 Å². The largest absolute Gasteiger partial charge is 0.388 e. The first kappa shape index (κ1) is 16.9. The van der Waals surface area contributed by atoms with E-state index in [0.29, 0.717) is 5.56 Å². The van der Waals surface area contributed by atoms with E-state index in [4.69, 9.17) is 5.26 Å². The van der Waals surface area contributed by atoms with Crippen LogP contribution in [0, 0.1) is 11.3 Å². The predicted octanol–water partition coefficient (Wildman–Crippen LogP) is 1.91. The molecule has 23 heavy (non-hydrogen) atoms. The number of nitrogens with one attached hydrogen (secondary N) is 1. The zero-order chi connectivity index (χ0) is 16.7. The number of rotatable bonds is 6. The molecular weight excluding hydrogens is 312 g/mol. The summed E-state index contributed by atoms with van der Waals surface area (Å²) < 4.78 is 26.5. The number of nitrogens with zero attached hydrogens (tertiary/aromatic N) is 1. The fourth-order valence-corrected chi connectivity index (χ4v) is 2.89. The number of nitriles is 1. The van der Waals surface area contributed by atoms with Gasteiger partial charge in [-0.15, -0.1) is 0 Å². The van der Waals surface area contributed by atoms with E-state index in [0.717, 1.165) is 5.56 Å². The molecule has 0 aromatic heterocycles. The summed E-state index contributed by atoms with van der Waals surface area (Å²) >= 11 is 0. The van der Waals surface area contributed by atoms with Crippen LogP contribution in [0.15, 0.2) is 65.6 Å². The van der Waals surface area contributed by atoms with Crippen LogP contribution >= 0.6 is 0 Å². The minimum Gasteiger partial charge on any atom is -0.388 e. The van der Waals surface area contributed by atoms with Gasteiger partial charge in [0.1, 0.15) is 0 Å². The number of aliphatic hydroxyl groups is 1. The summed E-state index contributed by atoms with van der Waals surface area (Å²) in [6.07, 6.45) is 2.31. The van der Waals surface area contributed by atoms with Crippen LogP contribution in [0.25, 0.3) is 6.08 Å². The van der Waals surface area contributed by atoms with E-state index in [-0.39, 0.29) is 11.4 Å². The van der Waals surface area contributed by atoms with Crippen molar-refractivity contribution in [1.82, 2.24) is 4.72 Å². The van der Waals surface area contributed by atoms with E-state index in [1.807, 2.05) is 36.4 Å². The minimum atomic E-state index is -3.72. The average molecular weight is 328 g/mol. The van der Waals surface area contributed by atoms with E-state index in [2.05, 4.69) is 4.72 Å². The highest BCUT2D eigenvalue weighted by Gasteiger charge is 2.14. The third kappa shape index (κ3) is 5.04. The Kier molecular flexibility index (Phi) is 5.66. The van der Waals surface area contributed by atoms with Gasteiger partial charge in [-0.25, -0.2) is 13.1 Å². The van der Waals surface area contributed by atoms with Crippen molar-refractivity contribution in [3.63, 3.8) is 0 Å². The maximum atomic E-state index is 12.1. The number of sulfonamides is 1. The van der Waals surface area contributed by atoms with Crippen LogP contribution < -0.4 is 4.72 Å². The van der Waals surface area contributed by atoms with E-state index < -0.39 is 16.1 Å². The highest BCUT2D eigenvalue weighted by molar-refractivity contribution is 7.89. The Labute approximate surface area is 135 Å². The minimum absolute atomic E-state index is 0.0516. The number of benzene rings is 2. The number of hydrogen-bond acceptors (Lipinski definition) is 4. The Morgan fingerprint density at radius 2 is 1.78 bits per heavy atom. The van der Waals surface area contributed by atoms with Crippen molar-refractivity contribution in [3.05, 3.63) is 71.8 Å². The van der Waals surface area contributed by atoms with Crippen molar-refractivity contribution >= 4 is 16.1 Å². The topological polar surface area (TPSA) is 90.2 Å². The summed E-state index contributed by atoms with van der Waals surface area (Å²) in [7, 11) is -3.72. The lowest BCUT2D eigenvalue weighted by Gasteiger charge is -2.09. The molecule has 6 heteroatoms. The molecule has 0 spiro atoms. The summed E-state index contributed by atoms with van der Waals surface area (Å²) in [6, 6.07) is 16.9. The summed E-state index contributed by atoms with van der Waals surface area (Å²) in [4.78, 5) is 0.0516. The van der Waals surface area contributed by atoms with Crippen LogP contribution in [-0.4, -0.2) is 26.2 Å². The molecule has 0 bridgehead atoms. The van der Waals surface area contributed by atoms with Crippen LogP contribution in [0.1, 0.15) is 11.1 Å². The third-order valence-electron chi connectivity index (χ3n) is 3.09. The molecule has 0 aliphatic rings. The fraction of sp³-hybridized carbons (Fsp3) is 0.118. The number of aliphatic hydroxyl groups excluding tert-OH is 1. The fourth-order valence-electron chi connectivity index (χ4n) is 1.84. The lowest BCUT2D eigenvalue weighted by Crippen LogP contribution is -2.31. The molecule has 1 unspecified atom stereocenters. The van der Waals surface area contributed by atoms with Gasteiger partial charge in [-0.2, -0.15) is 5.26 Å². The van der Waals surface area contributed by atoms with Crippen LogP contribution in [0.3, 0.4) is 0 Å². The SMILES string of the molecule is N#Cc1ccc(S(=O)(=O)NCC(O)/C=C/c2ccccc2)cc1. The molecule has 2 aromatic carbocycles. The van der Waals surface area contributed by atoms with E-state index >= 15 is 0 Å². The summed E-state index contributed by atoms with van der Waals surface area (Å²) in [5, 5.41) is 18.6. The molecule has 2 aromatic rings. The van der Waals surface area contributed by atoms with Gasteiger partial charge in [0.25, 0.3) is 0 Å². The van der Waals surface area contributed by atoms with Gasteiger partial charge in [-0.3, -0.25) is 0 Å². The van der Waals surface area contributed by atoms with Gasteiger partial charge in [0, 0.05) is 6.54 Å². The molecule has 0 heterocycles. The molecule has 5 nitrogen and oxygen atoms in total. The Balaban J connectivity index is 1.95. The second-order valence-corrected chi connectivity index (χ2v) is 6.59. The molecule has 0 amide bonds. The second-order valence-electron chi connectivity index (χ2n) is 4.83. The normalized spacial score (nSPS) is 12.9. The van der Waals surface area contributed by atoms with Crippen LogP contribution in [0.5, 0.6) is 0 Å². The molecule has 0 aliphatic carbocycles. The van der Waals surface area contributed by atoms with E-state index in [1.165, 1.54) is 30.3 Å². The monoisotopic (exact) mass is 328 g/mol. The molecule has 0 fully saturated rings. The Bertz CT molecular complexity index is 807. The van der Waals surface area contributed by atoms with Gasteiger partial charge in [0.05, 0.1) is 22.6 Å². The molecule has 2 N–H and O–H groups in total. The summed E-state index contributed by atoms with van der Waals surface area (Å²) in [5.74, 6) is 0. The van der Waals surface area contributed by atoms with Gasteiger partial charge in [-0.05, 0) is 29.8 Å². The van der Waals surface area contributed by atoms with Crippen LogP contribution in [0.4, 0.5) is 0 Å². The van der Waals surface area contributed by atoms with Gasteiger partial charge in [-0.1, -0.05) is 42.5 Å². The smallest absolute Gasteiger partial charge is 0.240 e. The highest BCUT2D eigenvalue weighted by atomic mass is 32.2. The second kappa shape index (κ2) is 7.70. The Morgan fingerprint density at radius 3 is 2.39 bits per heavy atom. The quantitative estimate of drug-likeness (QED) is 0.847. The molecule has 0 aliphatic heterocycles. The van der Waals surface area contributed by atoms with Crippen LogP contribution in [0.2, 0.25) is 0 Å². The first-order chi connectivity index (χ1) is 11.0. The molecule has 118 valence electrons. The molecule has 2 rings (SSSR count). The van der Waals surface area contributed by atoms with Gasteiger partial charge in [0.15, 0.2) is 0 Å². The highest BCUT2D eigenvalue weighted by Crippen LogP contribution is 2.10. The molecule has 0 radical (unpaired) electrons. The van der Waals surface area contributed by atoms with Gasteiger partial charge in [0.2, 0.25) is 10.0 Å². The summed E-state index contributed by atoms with van der Waals surface area (Å²) in [5.41, 5.74) is 1.30. The van der Waals surface area contributed by atoms with Crippen molar-refractivity contribution in [2.24, 2.45) is 0 Å². The standard InChI is InChI=1S/C17H16N2O3S/c18-12-15-7-10-17(11-8-15)23(21,22)19-13-16(20)9-6-14-4-2-1-3-5-14/h1-11,16,19-20H,13H2/b9-6+. The maximum absolute atomic E-state index is 12.1. The van der Waals surface area contributed by atoms with Crippen molar-refractivity contribution in [2.45, 2.75) is 11.0 Å². The lowest BCUT2D eigenvalue weighted by molar-refractivity contribution is 0.227. The van der Waals surface area contributed by atoms with Gasteiger partial charge < -0.3 is 5.11 Å². The zero-order valence-corrected chi connectivity index (χ0v) is 13.1. The molecule has 1 atom stereocenters. The van der Waals surface area contributed by atoms with E-state index in [9.17, 15) is 13.5 Å². The van der Waals surface area contributed by atoms with Gasteiger partial charge >= 0.3 is 0 Å². The Morgan fingerprint density at radius 1 is 1.13 bits per heavy atom. The first-order valence-electron chi connectivity index (χ1n) is 6.92. The molecule has 0 saturated carbocycles. The predicted molar refractivity (Wildman–Crippen MR) is 87.8 cm³/mol. The molecular formula is C17H16N2O3S. The third-order valence-corrected chi connectivity index (χ3v) is 4.53. The van der Waals surface area contributed by atoms with Crippen LogP contribution in [-0.2, 0) is 10.0 Å². The maximum Gasteiger partial charge on any atom is 0.240 e. The molecule has 0 saturated heterocycles. The van der Waals surface area contributed by atoms with Crippen molar-refractivity contribution < 1.29 is 13.5 Å². The average Bonchev–Trinajstić information content (AvgIpc) is 2.59. The zero-order valence-electron chi connectivity index (χ0n) is 12.3. The van der Waals surface area contributed by atoms with Crippen molar-refractivity contribution in [3.8, 4) is 6.07 Å². The lowest BCUT2D eigenvalue weighted by atomic mass is 10.2. The first-order valence-corrected chi connectivity index (χ1v) is 8.41. The summed E-state index contributed by atoms with van der Waals surface area (Å²) in [6.45, 7) is -0.133. The Hall–Kier alpha value is -2.46. The van der Waals surface area contributed by atoms with E-state index in [1.54, 1.807) is 6.08 Å². The van der Waals surface area contributed by atoms with Crippen molar-refractivity contribution in [1.29, 1.82) is 5.26 Å². The number of hydrogen-bond donors (Lipinski definition) is 2.